The van der Waals surface area contributed by atoms with Crippen LogP contribution in [0.15, 0.2) is 0 Å². The van der Waals surface area contributed by atoms with Gasteiger partial charge in [0.1, 0.15) is 0 Å². The van der Waals surface area contributed by atoms with Crippen molar-refractivity contribution in [2.45, 2.75) is 39.3 Å². The topological polar surface area (TPSA) is 32.3 Å². The highest BCUT2D eigenvalue weighted by Gasteiger charge is 2.29. The van der Waals surface area contributed by atoms with Crippen LogP contribution in [0.3, 0.4) is 0 Å². The van der Waals surface area contributed by atoms with E-state index in [9.17, 15) is 4.79 Å². The van der Waals surface area contributed by atoms with Crippen molar-refractivity contribution in [3.63, 3.8) is 0 Å². The molecule has 1 amide bonds. The summed E-state index contributed by atoms with van der Waals surface area (Å²) in [4.78, 5) is 13.4. The fraction of sp³-hybridized carbons (Fsp3) is 0.889. The fourth-order valence-electron chi connectivity index (χ4n) is 1.45. The van der Waals surface area contributed by atoms with Crippen LogP contribution < -0.4 is 5.32 Å². The second kappa shape index (κ2) is 3.05. The van der Waals surface area contributed by atoms with Gasteiger partial charge >= 0.3 is 0 Å². The number of hydrogen-bond acceptors (Lipinski definition) is 2. The van der Waals surface area contributed by atoms with E-state index >= 15 is 0 Å². The highest BCUT2D eigenvalue weighted by atomic mass is 16.2. The summed E-state index contributed by atoms with van der Waals surface area (Å²) in [6.45, 7) is 9.94. The van der Waals surface area contributed by atoms with Crippen molar-refractivity contribution in [1.82, 2.24) is 10.2 Å². The van der Waals surface area contributed by atoms with Crippen LogP contribution in [0.4, 0.5) is 0 Å². The van der Waals surface area contributed by atoms with Crippen LogP contribution in [-0.2, 0) is 4.79 Å². The van der Waals surface area contributed by atoms with Gasteiger partial charge in [0.15, 0.2) is 0 Å². The summed E-state index contributed by atoms with van der Waals surface area (Å²) >= 11 is 0. The zero-order valence-corrected chi connectivity index (χ0v) is 8.35. The smallest absolute Gasteiger partial charge is 0.234 e. The van der Waals surface area contributed by atoms with Gasteiger partial charge in [-0.2, -0.15) is 0 Å². The van der Waals surface area contributed by atoms with Crippen LogP contribution in [0.2, 0.25) is 0 Å². The van der Waals surface area contributed by atoms with Crippen LogP contribution in [0, 0.1) is 0 Å². The number of nitrogens with zero attached hydrogens (tertiary/aromatic N) is 1. The van der Waals surface area contributed by atoms with Crippen molar-refractivity contribution in [2.24, 2.45) is 0 Å². The number of amides is 1. The lowest BCUT2D eigenvalue weighted by Crippen LogP contribution is -2.58. The number of carbonyl (C=O) groups excluding carboxylic acids is 1. The third kappa shape index (κ3) is 2.21. The second-order valence-electron chi connectivity index (χ2n) is 4.52. The average Bonchev–Trinajstić information content (AvgIpc) is 1.82. The molecule has 1 N–H and O–H groups in total. The zero-order valence-electron chi connectivity index (χ0n) is 8.35. The molecule has 0 radical (unpaired) electrons. The van der Waals surface area contributed by atoms with Crippen LogP contribution in [0.5, 0.6) is 0 Å². The summed E-state index contributed by atoms with van der Waals surface area (Å²) in [5.74, 6) is 0.142. The first kappa shape index (κ1) is 9.52. The van der Waals surface area contributed by atoms with E-state index in [1.807, 2.05) is 6.92 Å². The first-order valence-electron chi connectivity index (χ1n) is 4.44. The Labute approximate surface area is 74.1 Å². The summed E-state index contributed by atoms with van der Waals surface area (Å²) < 4.78 is 0. The Hall–Kier alpha value is -0.570. The molecule has 0 aliphatic carbocycles. The Morgan fingerprint density at radius 2 is 2.08 bits per heavy atom. The zero-order chi connectivity index (χ0) is 9.35. The van der Waals surface area contributed by atoms with Gasteiger partial charge in [0.05, 0.1) is 6.54 Å². The van der Waals surface area contributed by atoms with E-state index < -0.39 is 0 Å². The molecule has 0 bridgehead atoms. The maximum absolute atomic E-state index is 11.2. The molecule has 0 aromatic rings. The van der Waals surface area contributed by atoms with Crippen LogP contribution in [0.25, 0.3) is 0 Å². The molecule has 1 saturated heterocycles. The van der Waals surface area contributed by atoms with Crippen molar-refractivity contribution >= 4 is 5.91 Å². The van der Waals surface area contributed by atoms with Crippen LogP contribution in [-0.4, -0.2) is 35.5 Å². The summed E-state index contributed by atoms with van der Waals surface area (Å²) in [5.41, 5.74) is 0.103. The molecular weight excluding hydrogens is 152 g/mol. The standard InChI is InChI=1S/C9H18N2O/c1-7-5-11(9(2,3)4)6-8(12)10-7/h7H,5-6H2,1-4H3,(H,10,12). The Kier molecular flexibility index (Phi) is 2.42. The van der Waals surface area contributed by atoms with E-state index in [1.165, 1.54) is 0 Å². The van der Waals surface area contributed by atoms with E-state index in [0.29, 0.717) is 6.54 Å². The molecule has 70 valence electrons. The maximum atomic E-state index is 11.2. The van der Waals surface area contributed by atoms with Gasteiger partial charge < -0.3 is 5.32 Å². The van der Waals surface area contributed by atoms with E-state index in [4.69, 9.17) is 0 Å². The van der Waals surface area contributed by atoms with Gasteiger partial charge in [-0.1, -0.05) is 0 Å². The predicted octanol–water partition coefficient (Wildman–Crippen LogP) is 0.605. The van der Waals surface area contributed by atoms with Crippen molar-refractivity contribution in [2.75, 3.05) is 13.1 Å². The molecule has 1 fully saturated rings. The Bertz CT molecular complexity index is 183. The van der Waals surface area contributed by atoms with Gasteiger partial charge in [0.2, 0.25) is 5.91 Å². The first-order chi connectivity index (χ1) is 5.39. The summed E-state index contributed by atoms with van der Waals surface area (Å²) in [7, 11) is 0. The molecule has 1 rings (SSSR count). The highest BCUT2D eigenvalue weighted by molar-refractivity contribution is 5.79. The number of hydrogen-bond donors (Lipinski definition) is 1. The summed E-state index contributed by atoms with van der Waals surface area (Å²) in [6, 6.07) is 0.283. The fourth-order valence-corrected chi connectivity index (χ4v) is 1.45. The van der Waals surface area contributed by atoms with E-state index in [-0.39, 0.29) is 17.5 Å². The average molecular weight is 170 g/mol. The van der Waals surface area contributed by atoms with Gasteiger partial charge in [-0.05, 0) is 27.7 Å². The second-order valence-corrected chi connectivity index (χ2v) is 4.52. The number of nitrogens with one attached hydrogen (secondary N) is 1. The summed E-state index contributed by atoms with van der Waals surface area (Å²) in [6.07, 6.45) is 0. The van der Waals surface area contributed by atoms with Crippen molar-refractivity contribution in [1.29, 1.82) is 0 Å². The lowest BCUT2D eigenvalue weighted by molar-refractivity contribution is -0.127. The van der Waals surface area contributed by atoms with Crippen molar-refractivity contribution in [3.05, 3.63) is 0 Å². The number of rotatable bonds is 0. The van der Waals surface area contributed by atoms with Gasteiger partial charge in [-0.3, -0.25) is 9.69 Å². The maximum Gasteiger partial charge on any atom is 0.234 e. The largest absolute Gasteiger partial charge is 0.351 e. The number of piperazine rings is 1. The Balaban J connectivity index is 2.62. The molecule has 0 aromatic heterocycles. The molecule has 0 saturated carbocycles. The molecule has 3 nitrogen and oxygen atoms in total. The van der Waals surface area contributed by atoms with Gasteiger partial charge in [0.25, 0.3) is 0 Å². The van der Waals surface area contributed by atoms with E-state index in [2.05, 4.69) is 31.0 Å². The monoisotopic (exact) mass is 170 g/mol. The third-order valence-electron chi connectivity index (χ3n) is 2.18. The molecule has 1 atom stereocenters. The highest BCUT2D eigenvalue weighted by Crippen LogP contribution is 2.15. The molecule has 1 heterocycles. The van der Waals surface area contributed by atoms with Crippen molar-refractivity contribution < 1.29 is 4.79 Å². The lowest BCUT2D eigenvalue weighted by Gasteiger charge is -2.40. The third-order valence-corrected chi connectivity index (χ3v) is 2.18. The minimum absolute atomic E-state index is 0.103. The molecule has 0 aromatic carbocycles. The molecular formula is C9H18N2O. The van der Waals surface area contributed by atoms with Crippen LogP contribution >= 0.6 is 0 Å². The normalized spacial score (nSPS) is 27.0. The molecule has 1 aliphatic rings. The molecule has 3 heteroatoms. The molecule has 12 heavy (non-hydrogen) atoms. The molecule has 0 spiro atoms. The van der Waals surface area contributed by atoms with Crippen LogP contribution in [0.1, 0.15) is 27.7 Å². The Morgan fingerprint density at radius 3 is 2.50 bits per heavy atom. The molecule has 1 unspecified atom stereocenters. The van der Waals surface area contributed by atoms with Gasteiger partial charge in [-0.25, -0.2) is 0 Å². The SMILES string of the molecule is CC1CN(C(C)(C)C)CC(=O)N1. The van der Waals surface area contributed by atoms with Gasteiger partial charge in [-0.15, -0.1) is 0 Å². The first-order valence-corrected chi connectivity index (χ1v) is 4.44. The number of carbonyl (C=O) groups is 1. The van der Waals surface area contributed by atoms with E-state index in [1.54, 1.807) is 0 Å². The van der Waals surface area contributed by atoms with Crippen molar-refractivity contribution in [3.8, 4) is 0 Å². The van der Waals surface area contributed by atoms with E-state index in [0.717, 1.165) is 6.54 Å². The minimum Gasteiger partial charge on any atom is -0.351 e. The quantitative estimate of drug-likeness (QED) is 0.577. The predicted molar refractivity (Wildman–Crippen MR) is 48.9 cm³/mol. The minimum atomic E-state index is 0.103. The summed E-state index contributed by atoms with van der Waals surface area (Å²) in [5, 5.41) is 2.90. The molecule has 1 aliphatic heterocycles. The Morgan fingerprint density at radius 1 is 1.50 bits per heavy atom. The van der Waals surface area contributed by atoms with Gasteiger partial charge in [0, 0.05) is 18.1 Å². The lowest BCUT2D eigenvalue weighted by atomic mass is 10.0.